The van der Waals surface area contributed by atoms with E-state index in [1.54, 1.807) is 11.3 Å². The highest BCUT2D eigenvalue weighted by molar-refractivity contribution is 7.18. The maximum absolute atomic E-state index is 11.9. The summed E-state index contributed by atoms with van der Waals surface area (Å²) in [6.45, 7) is 0.683. The van der Waals surface area contributed by atoms with E-state index in [4.69, 9.17) is 0 Å². The number of hydrogen-bond donors (Lipinski definition) is 1. The van der Waals surface area contributed by atoms with E-state index in [0.717, 1.165) is 16.9 Å². The molecular weight excluding hydrogens is 292 g/mol. The molecule has 0 saturated heterocycles. The molecule has 0 saturated carbocycles. The molecular formula is C18H18N2OS. The predicted molar refractivity (Wildman–Crippen MR) is 91.1 cm³/mol. The first-order valence-corrected chi connectivity index (χ1v) is 8.28. The Morgan fingerprint density at radius 3 is 2.59 bits per heavy atom. The Hall–Kier alpha value is -2.20. The van der Waals surface area contributed by atoms with Crippen LogP contribution >= 0.6 is 11.3 Å². The van der Waals surface area contributed by atoms with Gasteiger partial charge < -0.3 is 5.32 Å². The molecule has 4 heteroatoms. The van der Waals surface area contributed by atoms with Gasteiger partial charge in [0.1, 0.15) is 0 Å². The standard InChI is InChI=1S/C18H18N2OS/c21-17(19-13-12-14-6-2-1-3-7-14)10-11-18-20-15-8-4-5-9-16(15)22-18/h1-9H,10-13H2,(H,19,21). The third kappa shape index (κ3) is 3.92. The van der Waals surface area contributed by atoms with Gasteiger partial charge in [-0.3, -0.25) is 4.79 Å². The number of nitrogens with one attached hydrogen (secondary N) is 1. The molecule has 1 amide bonds. The largest absolute Gasteiger partial charge is 0.356 e. The van der Waals surface area contributed by atoms with E-state index in [2.05, 4.69) is 28.5 Å². The second kappa shape index (κ2) is 7.18. The maximum atomic E-state index is 11.9. The number of hydrogen-bond acceptors (Lipinski definition) is 3. The summed E-state index contributed by atoms with van der Waals surface area (Å²) < 4.78 is 1.18. The van der Waals surface area contributed by atoms with E-state index in [0.29, 0.717) is 19.4 Å². The van der Waals surface area contributed by atoms with Crippen LogP contribution < -0.4 is 5.32 Å². The molecule has 1 aromatic heterocycles. The van der Waals surface area contributed by atoms with Crippen LogP contribution in [0.3, 0.4) is 0 Å². The van der Waals surface area contributed by atoms with E-state index >= 15 is 0 Å². The van der Waals surface area contributed by atoms with Crippen molar-refractivity contribution in [3.63, 3.8) is 0 Å². The number of amides is 1. The Balaban J connectivity index is 1.44. The van der Waals surface area contributed by atoms with Gasteiger partial charge in [0.25, 0.3) is 0 Å². The summed E-state index contributed by atoms with van der Waals surface area (Å²) in [5, 5.41) is 4.00. The van der Waals surface area contributed by atoms with Crippen molar-refractivity contribution in [1.82, 2.24) is 10.3 Å². The Morgan fingerprint density at radius 2 is 1.77 bits per heavy atom. The summed E-state index contributed by atoms with van der Waals surface area (Å²) in [6, 6.07) is 18.3. The molecule has 0 unspecified atom stereocenters. The normalized spacial score (nSPS) is 10.7. The van der Waals surface area contributed by atoms with Gasteiger partial charge in [-0.15, -0.1) is 11.3 Å². The molecule has 3 rings (SSSR count). The molecule has 22 heavy (non-hydrogen) atoms. The first kappa shape index (κ1) is 14.7. The average Bonchev–Trinajstić information content (AvgIpc) is 2.97. The Kier molecular flexibility index (Phi) is 4.81. The van der Waals surface area contributed by atoms with E-state index in [1.807, 2.05) is 36.4 Å². The zero-order valence-corrected chi connectivity index (χ0v) is 13.1. The Bertz CT molecular complexity index is 719. The van der Waals surface area contributed by atoms with Crippen molar-refractivity contribution >= 4 is 27.5 Å². The highest BCUT2D eigenvalue weighted by Crippen LogP contribution is 2.22. The Labute approximate surface area is 134 Å². The van der Waals surface area contributed by atoms with Gasteiger partial charge in [0, 0.05) is 19.4 Å². The molecule has 112 valence electrons. The fourth-order valence-corrected chi connectivity index (χ4v) is 3.29. The lowest BCUT2D eigenvalue weighted by Gasteiger charge is -2.04. The number of rotatable bonds is 6. The number of fused-ring (bicyclic) bond motifs is 1. The summed E-state index contributed by atoms with van der Waals surface area (Å²) in [7, 11) is 0. The molecule has 0 aliphatic heterocycles. The van der Waals surface area contributed by atoms with E-state index in [-0.39, 0.29) is 5.91 Å². The number of aromatic nitrogens is 1. The number of para-hydroxylation sites is 1. The van der Waals surface area contributed by atoms with Crippen molar-refractivity contribution in [2.45, 2.75) is 19.3 Å². The monoisotopic (exact) mass is 310 g/mol. The molecule has 0 aliphatic rings. The van der Waals surface area contributed by atoms with E-state index in [9.17, 15) is 4.79 Å². The van der Waals surface area contributed by atoms with Gasteiger partial charge in [-0.1, -0.05) is 42.5 Å². The molecule has 3 aromatic rings. The van der Waals surface area contributed by atoms with Crippen LogP contribution in [0.2, 0.25) is 0 Å². The highest BCUT2D eigenvalue weighted by Gasteiger charge is 2.06. The van der Waals surface area contributed by atoms with Crippen LogP contribution in [-0.2, 0) is 17.6 Å². The number of carbonyl (C=O) groups is 1. The number of carbonyl (C=O) groups excluding carboxylic acids is 1. The van der Waals surface area contributed by atoms with Crippen LogP contribution in [0.1, 0.15) is 17.0 Å². The third-order valence-electron chi connectivity index (χ3n) is 3.48. The van der Waals surface area contributed by atoms with Gasteiger partial charge in [0.2, 0.25) is 5.91 Å². The van der Waals surface area contributed by atoms with Crippen LogP contribution in [0, 0.1) is 0 Å². The fraction of sp³-hybridized carbons (Fsp3) is 0.222. The topological polar surface area (TPSA) is 42.0 Å². The quantitative estimate of drug-likeness (QED) is 0.756. The first-order chi connectivity index (χ1) is 10.8. The van der Waals surface area contributed by atoms with Gasteiger partial charge >= 0.3 is 0 Å². The minimum absolute atomic E-state index is 0.0928. The van der Waals surface area contributed by atoms with Crippen molar-refractivity contribution < 1.29 is 4.79 Å². The van der Waals surface area contributed by atoms with Crippen molar-refractivity contribution in [2.75, 3.05) is 6.54 Å². The smallest absolute Gasteiger partial charge is 0.220 e. The summed E-state index contributed by atoms with van der Waals surface area (Å²) >= 11 is 1.67. The van der Waals surface area contributed by atoms with Crippen molar-refractivity contribution in [3.8, 4) is 0 Å². The third-order valence-corrected chi connectivity index (χ3v) is 4.58. The molecule has 0 fully saturated rings. The molecule has 0 radical (unpaired) electrons. The molecule has 1 heterocycles. The molecule has 0 atom stereocenters. The second-order valence-corrected chi connectivity index (χ2v) is 6.28. The van der Waals surface area contributed by atoms with E-state index < -0.39 is 0 Å². The minimum Gasteiger partial charge on any atom is -0.356 e. The summed E-state index contributed by atoms with van der Waals surface area (Å²) in [6.07, 6.45) is 2.07. The lowest BCUT2D eigenvalue weighted by Crippen LogP contribution is -2.25. The summed E-state index contributed by atoms with van der Waals surface area (Å²) in [4.78, 5) is 16.4. The lowest BCUT2D eigenvalue weighted by molar-refractivity contribution is -0.121. The summed E-state index contributed by atoms with van der Waals surface area (Å²) in [5.74, 6) is 0.0928. The second-order valence-electron chi connectivity index (χ2n) is 5.16. The number of nitrogens with zero attached hydrogens (tertiary/aromatic N) is 1. The zero-order chi connectivity index (χ0) is 15.2. The van der Waals surface area contributed by atoms with Gasteiger partial charge in [-0.25, -0.2) is 4.98 Å². The predicted octanol–water partition coefficient (Wildman–Crippen LogP) is 3.59. The maximum Gasteiger partial charge on any atom is 0.220 e. The number of thiazole rings is 1. The number of aryl methyl sites for hydroxylation is 1. The zero-order valence-electron chi connectivity index (χ0n) is 12.3. The van der Waals surface area contributed by atoms with Crippen LogP contribution in [0.25, 0.3) is 10.2 Å². The average molecular weight is 310 g/mol. The first-order valence-electron chi connectivity index (χ1n) is 7.46. The molecule has 0 spiro atoms. The summed E-state index contributed by atoms with van der Waals surface area (Å²) in [5.41, 5.74) is 2.26. The number of benzene rings is 2. The van der Waals surface area contributed by atoms with Crippen LogP contribution in [0.15, 0.2) is 54.6 Å². The van der Waals surface area contributed by atoms with Crippen LogP contribution in [-0.4, -0.2) is 17.4 Å². The van der Waals surface area contributed by atoms with Gasteiger partial charge in [-0.05, 0) is 24.1 Å². The van der Waals surface area contributed by atoms with Crippen molar-refractivity contribution in [2.24, 2.45) is 0 Å². The van der Waals surface area contributed by atoms with Gasteiger partial charge in [-0.2, -0.15) is 0 Å². The van der Waals surface area contributed by atoms with Crippen molar-refractivity contribution in [3.05, 3.63) is 65.2 Å². The minimum atomic E-state index is 0.0928. The fourth-order valence-electron chi connectivity index (χ4n) is 2.33. The molecule has 1 N–H and O–H groups in total. The van der Waals surface area contributed by atoms with Crippen LogP contribution in [0.5, 0.6) is 0 Å². The molecule has 0 aliphatic carbocycles. The molecule has 0 bridgehead atoms. The highest BCUT2D eigenvalue weighted by atomic mass is 32.1. The lowest BCUT2D eigenvalue weighted by atomic mass is 10.1. The van der Waals surface area contributed by atoms with E-state index in [1.165, 1.54) is 10.3 Å². The van der Waals surface area contributed by atoms with Gasteiger partial charge in [0.05, 0.1) is 15.2 Å². The van der Waals surface area contributed by atoms with Crippen molar-refractivity contribution in [1.29, 1.82) is 0 Å². The van der Waals surface area contributed by atoms with Gasteiger partial charge in [0.15, 0.2) is 0 Å². The molecule has 2 aromatic carbocycles. The SMILES string of the molecule is O=C(CCc1nc2ccccc2s1)NCCc1ccccc1. The Morgan fingerprint density at radius 1 is 1.00 bits per heavy atom. The van der Waals surface area contributed by atoms with Crippen LogP contribution in [0.4, 0.5) is 0 Å². The molecule has 3 nitrogen and oxygen atoms in total.